The number of alkyl halides is 1. The van der Waals surface area contributed by atoms with Crippen molar-refractivity contribution in [2.75, 3.05) is 11.9 Å². The quantitative estimate of drug-likeness (QED) is 0.791. The Morgan fingerprint density at radius 1 is 1.33 bits per heavy atom. The zero-order chi connectivity index (χ0) is 11.3. The average molecular weight is 298 g/mol. The lowest BCUT2D eigenvalue weighted by Crippen LogP contribution is -2.38. The van der Waals surface area contributed by atoms with Gasteiger partial charge in [0.05, 0.1) is 5.25 Å². The second-order valence-corrected chi connectivity index (χ2v) is 7.11. The van der Waals surface area contributed by atoms with Gasteiger partial charge in [0.15, 0.2) is 0 Å². The van der Waals surface area contributed by atoms with Gasteiger partial charge in [-0.1, -0.05) is 42.1 Å². The minimum Gasteiger partial charge on any atom is -0.215 e. The predicted molar refractivity (Wildman–Crippen MR) is 66.8 cm³/mol. The van der Waals surface area contributed by atoms with Crippen molar-refractivity contribution in [2.45, 2.75) is 44.3 Å². The SMILES string of the molecule is CC(CBr)CNS(=O)(=O)C1CCCCC1. The molecule has 1 aliphatic carbocycles. The van der Waals surface area contributed by atoms with E-state index in [1.807, 2.05) is 6.92 Å². The molecule has 0 aliphatic heterocycles. The van der Waals surface area contributed by atoms with E-state index in [1.165, 1.54) is 6.42 Å². The van der Waals surface area contributed by atoms with Crippen LogP contribution >= 0.6 is 15.9 Å². The Kier molecular flexibility index (Phi) is 5.57. The summed E-state index contributed by atoms with van der Waals surface area (Å²) in [4.78, 5) is 0. The van der Waals surface area contributed by atoms with E-state index >= 15 is 0 Å². The van der Waals surface area contributed by atoms with Gasteiger partial charge < -0.3 is 0 Å². The van der Waals surface area contributed by atoms with Crippen LogP contribution in [0.1, 0.15) is 39.0 Å². The molecule has 0 amide bonds. The van der Waals surface area contributed by atoms with Crippen LogP contribution in [0.2, 0.25) is 0 Å². The highest BCUT2D eigenvalue weighted by Crippen LogP contribution is 2.23. The molecule has 1 rings (SSSR count). The Balaban J connectivity index is 2.43. The number of halogens is 1. The fourth-order valence-electron chi connectivity index (χ4n) is 1.81. The van der Waals surface area contributed by atoms with Crippen molar-refractivity contribution < 1.29 is 8.42 Å². The van der Waals surface area contributed by atoms with E-state index in [1.54, 1.807) is 0 Å². The Morgan fingerprint density at radius 3 is 2.47 bits per heavy atom. The summed E-state index contributed by atoms with van der Waals surface area (Å²) in [6.07, 6.45) is 4.96. The Morgan fingerprint density at radius 2 is 1.93 bits per heavy atom. The molecule has 1 N–H and O–H groups in total. The highest BCUT2D eigenvalue weighted by Gasteiger charge is 2.26. The highest BCUT2D eigenvalue weighted by atomic mass is 79.9. The van der Waals surface area contributed by atoms with E-state index in [0.717, 1.165) is 31.0 Å². The van der Waals surface area contributed by atoms with Gasteiger partial charge in [-0.3, -0.25) is 0 Å². The third kappa shape index (κ3) is 4.41. The second-order valence-electron chi connectivity index (χ2n) is 4.41. The van der Waals surface area contributed by atoms with Crippen LogP contribution in [0.25, 0.3) is 0 Å². The Hall–Kier alpha value is 0.390. The van der Waals surface area contributed by atoms with Gasteiger partial charge in [0, 0.05) is 11.9 Å². The smallest absolute Gasteiger partial charge is 0.214 e. The monoisotopic (exact) mass is 297 g/mol. The van der Waals surface area contributed by atoms with Crippen molar-refractivity contribution in [3.63, 3.8) is 0 Å². The summed E-state index contributed by atoms with van der Waals surface area (Å²) >= 11 is 3.34. The molecule has 0 radical (unpaired) electrons. The van der Waals surface area contributed by atoms with Crippen molar-refractivity contribution in [1.29, 1.82) is 0 Å². The summed E-state index contributed by atoms with van der Waals surface area (Å²) in [6, 6.07) is 0. The lowest BCUT2D eigenvalue weighted by molar-refractivity contribution is 0.474. The summed E-state index contributed by atoms with van der Waals surface area (Å²) in [5, 5.41) is 0.689. The van der Waals surface area contributed by atoms with Crippen LogP contribution in [0.15, 0.2) is 0 Å². The molecule has 5 heteroatoms. The van der Waals surface area contributed by atoms with Gasteiger partial charge in [0.2, 0.25) is 10.0 Å². The summed E-state index contributed by atoms with van der Waals surface area (Å²) in [5.74, 6) is 0.350. The fraction of sp³-hybridized carbons (Fsp3) is 1.00. The molecular formula is C10H20BrNO2S. The maximum Gasteiger partial charge on any atom is 0.214 e. The fourth-order valence-corrected chi connectivity index (χ4v) is 3.74. The predicted octanol–water partition coefficient (Wildman–Crippen LogP) is 2.27. The minimum atomic E-state index is -3.06. The topological polar surface area (TPSA) is 46.2 Å². The van der Waals surface area contributed by atoms with Gasteiger partial charge >= 0.3 is 0 Å². The average Bonchev–Trinajstić information content (AvgIpc) is 2.27. The standard InChI is InChI=1S/C10H20BrNO2S/c1-9(7-11)8-12-15(13,14)10-5-3-2-4-6-10/h9-10,12H,2-8H2,1H3. The van der Waals surface area contributed by atoms with Crippen molar-refractivity contribution >= 4 is 26.0 Å². The normalized spacial score (nSPS) is 21.5. The molecule has 0 bridgehead atoms. The van der Waals surface area contributed by atoms with Crippen LogP contribution in [0, 0.1) is 5.92 Å². The summed E-state index contributed by atoms with van der Waals surface area (Å²) in [6.45, 7) is 2.57. The van der Waals surface area contributed by atoms with Crippen molar-refractivity contribution in [1.82, 2.24) is 4.72 Å². The maximum atomic E-state index is 11.9. The molecule has 0 aromatic rings. The summed E-state index contributed by atoms with van der Waals surface area (Å²) in [7, 11) is -3.06. The number of hydrogen-bond acceptors (Lipinski definition) is 2. The summed E-state index contributed by atoms with van der Waals surface area (Å²) < 4.78 is 26.5. The third-order valence-electron chi connectivity index (χ3n) is 2.89. The molecular weight excluding hydrogens is 278 g/mol. The molecule has 15 heavy (non-hydrogen) atoms. The molecule has 1 fully saturated rings. The lowest BCUT2D eigenvalue weighted by Gasteiger charge is -2.22. The number of nitrogens with one attached hydrogen (secondary N) is 1. The molecule has 0 saturated heterocycles. The van der Waals surface area contributed by atoms with Crippen LogP contribution in [0.5, 0.6) is 0 Å². The molecule has 1 atom stereocenters. The zero-order valence-electron chi connectivity index (χ0n) is 9.21. The van der Waals surface area contributed by atoms with Crippen molar-refractivity contribution in [2.24, 2.45) is 5.92 Å². The first-order valence-corrected chi connectivity index (χ1v) is 8.27. The van der Waals surface area contributed by atoms with Crippen molar-refractivity contribution in [3.05, 3.63) is 0 Å². The zero-order valence-corrected chi connectivity index (χ0v) is 11.6. The maximum absolute atomic E-state index is 11.9. The number of sulfonamides is 1. The van der Waals surface area contributed by atoms with E-state index in [-0.39, 0.29) is 5.25 Å². The third-order valence-corrected chi connectivity index (χ3v) is 5.91. The first-order chi connectivity index (χ1) is 7.06. The van der Waals surface area contributed by atoms with Gasteiger partial charge in [0.25, 0.3) is 0 Å². The summed E-state index contributed by atoms with van der Waals surface area (Å²) in [5.41, 5.74) is 0. The van der Waals surface area contributed by atoms with Gasteiger partial charge in [0.1, 0.15) is 0 Å². The molecule has 0 spiro atoms. The van der Waals surface area contributed by atoms with Gasteiger partial charge in [-0.25, -0.2) is 13.1 Å². The highest BCUT2D eigenvalue weighted by molar-refractivity contribution is 9.09. The van der Waals surface area contributed by atoms with Crippen LogP contribution in [-0.4, -0.2) is 25.5 Å². The molecule has 1 saturated carbocycles. The first kappa shape index (κ1) is 13.5. The second kappa shape index (κ2) is 6.21. The molecule has 1 unspecified atom stereocenters. The molecule has 0 heterocycles. The van der Waals surface area contributed by atoms with Crippen molar-refractivity contribution in [3.8, 4) is 0 Å². The molecule has 0 aromatic carbocycles. The van der Waals surface area contributed by atoms with Crippen LogP contribution < -0.4 is 4.72 Å². The van der Waals surface area contributed by atoms with E-state index < -0.39 is 10.0 Å². The molecule has 1 aliphatic rings. The van der Waals surface area contributed by atoms with Crippen LogP contribution in [0.4, 0.5) is 0 Å². The van der Waals surface area contributed by atoms with Gasteiger partial charge in [-0.15, -0.1) is 0 Å². The number of hydrogen-bond donors (Lipinski definition) is 1. The van der Waals surface area contributed by atoms with Gasteiger partial charge in [-0.2, -0.15) is 0 Å². The minimum absolute atomic E-state index is 0.145. The van der Waals surface area contributed by atoms with E-state index in [4.69, 9.17) is 0 Å². The molecule has 0 aromatic heterocycles. The van der Waals surface area contributed by atoms with E-state index in [9.17, 15) is 8.42 Å². The Bertz CT molecular complexity index is 273. The van der Waals surface area contributed by atoms with E-state index in [0.29, 0.717) is 12.5 Å². The molecule has 90 valence electrons. The lowest BCUT2D eigenvalue weighted by atomic mass is 10.0. The molecule has 3 nitrogen and oxygen atoms in total. The largest absolute Gasteiger partial charge is 0.215 e. The van der Waals surface area contributed by atoms with Gasteiger partial charge in [-0.05, 0) is 18.8 Å². The van der Waals surface area contributed by atoms with Crippen LogP contribution in [0.3, 0.4) is 0 Å². The number of rotatable bonds is 5. The Labute approximate surface area is 101 Å². The van der Waals surface area contributed by atoms with Crippen LogP contribution in [-0.2, 0) is 10.0 Å². The first-order valence-electron chi connectivity index (χ1n) is 5.60. The van der Waals surface area contributed by atoms with E-state index in [2.05, 4.69) is 20.7 Å².